The third kappa shape index (κ3) is 3.98. The number of amides is 1. The second kappa shape index (κ2) is 7.91. The van der Waals surface area contributed by atoms with E-state index in [-0.39, 0.29) is 23.2 Å². The number of anilines is 1. The van der Waals surface area contributed by atoms with Gasteiger partial charge in [0.2, 0.25) is 0 Å². The van der Waals surface area contributed by atoms with Crippen molar-refractivity contribution in [2.45, 2.75) is 13.8 Å². The SMILES string of the molecule is Cc1ccc(NC(=O)c2cc(-c3ccc(F)cc3)nn2-c2ccc(F)cc2)cc1C. The fourth-order valence-electron chi connectivity index (χ4n) is 3.10. The van der Waals surface area contributed by atoms with Crippen LogP contribution in [0.25, 0.3) is 16.9 Å². The Hall–Kier alpha value is -3.80. The molecule has 1 aromatic heterocycles. The van der Waals surface area contributed by atoms with E-state index in [4.69, 9.17) is 0 Å². The fraction of sp³-hybridized carbons (Fsp3) is 0.0833. The summed E-state index contributed by atoms with van der Waals surface area (Å²) in [7, 11) is 0. The summed E-state index contributed by atoms with van der Waals surface area (Å²) in [4.78, 5) is 13.1. The maximum Gasteiger partial charge on any atom is 0.274 e. The molecule has 0 saturated heterocycles. The van der Waals surface area contributed by atoms with E-state index in [1.165, 1.54) is 28.9 Å². The number of hydrogen-bond acceptors (Lipinski definition) is 2. The Kier molecular flexibility index (Phi) is 5.14. The van der Waals surface area contributed by atoms with Crippen molar-refractivity contribution < 1.29 is 13.6 Å². The molecular weight excluding hydrogens is 384 g/mol. The highest BCUT2D eigenvalue weighted by Gasteiger charge is 2.18. The smallest absolute Gasteiger partial charge is 0.274 e. The molecule has 0 unspecified atom stereocenters. The van der Waals surface area contributed by atoms with Crippen LogP contribution in [0.4, 0.5) is 14.5 Å². The van der Waals surface area contributed by atoms with Crippen LogP contribution in [0.2, 0.25) is 0 Å². The second-order valence-corrected chi connectivity index (χ2v) is 7.06. The van der Waals surface area contributed by atoms with Gasteiger partial charge in [-0.1, -0.05) is 6.07 Å². The van der Waals surface area contributed by atoms with Crippen molar-refractivity contribution >= 4 is 11.6 Å². The largest absolute Gasteiger partial charge is 0.321 e. The number of aromatic nitrogens is 2. The van der Waals surface area contributed by atoms with Crippen LogP contribution in [0, 0.1) is 25.5 Å². The first-order valence-corrected chi connectivity index (χ1v) is 9.41. The van der Waals surface area contributed by atoms with Gasteiger partial charge in [0.25, 0.3) is 5.91 Å². The summed E-state index contributed by atoms with van der Waals surface area (Å²) >= 11 is 0. The Bertz CT molecular complexity index is 1210. The molecule has 1 amide bonds. The topological polar surface area (TPSA) is 46.9 Å². The van der Waals surface area contributed by atoms with Crippen LogP contribution < -0.4 is 5.32 Å². The van der Waals surface area contributed by atoms with E-state index >= 15 is 0 Å². The van der Waals surface area contributed by atoms with Gasteiger partial charge in [0.15, 0.2) is 0 Å². The highest BCUT2D eigenvalue weighted by Crippen LogP contribution is 2.24. The number of halogens is 2. The van der Waals surface area contributed by atoms with E-state index in [1.807, 2.05) is 32.0 Å². The molecule has 30 heavy (non-hydrogen) atoms. The minimum absolute atomic E-state index is 0.277. The Balaban J connectivity index is 1.75. The van der Waals surface area contributed by atoms with Gasteiger partial charge in [0.1, 0.15) is 17.3 Å². The molecule has 3 aromatic carbocycles. The number of rotatable bonds is 4. The zero-order valence-corrected chi connectivity index (χ0v) is 16.5. The monoisotopic (exact) mass is 403 g/mol. The Morgan fingerprint density at radius 1 is 0.833 bits per heavy atom. The third-order valence-corrected chi connectivity index (χ3v) is 4.92. The average Bonchev–Trinajstić information content (AvgIpc) is 3.17. The summed E-state index contributed by atoms with van der Waals surface area (Å²) in [5.74, 6) is -1.10. The van der Waals surface area contributed by atoms with Gasteiger partial charge in [0.05, 0.1) is 11.4 Å². The summed E-state index contributed by atoms with van der Waals surface area (Å²) in [5.41, 5.74) is 4.84. The summed E-state index contributed by atoms with van der Waals surface area (Å²) in [5, 5.41) is 7.40. The summed E-state index contributed by atoms with van der Waals surface area (Å²) in [6.07, 6.45) is 0. The van der Waals surface area contributed by atoms with Crippen molar-refractivity contribution in [2.75, 3.05) is 5.32 Å². The average molecular weight is 403 g/mol. The molecule has 0 aliphatic rings. The van der Waals surface area contributed by atoms with Crippen molar-refractivity contribution in [3.63, 3.8) is 0 Å². The minimum atomic E-state index is -0.384. The molecule has 0 bridgehead atoms. The quantitative estimate of drug-likeness (QED) is 0.476. The fourth-order valence-corrected chi connectivity index (χ4v) is 3.10. The number of aryl methyl sites for hydroxylation is 2. The van der Waals surface area contributed by atoms with E-state index in [9.17, 15) is 13.6 Å². The molecule has 0 spiro atoms. The molecule has 6 heteroatoms. The van der Waals surface area contributed by atoms with E-state index in [1.54, 1.807) is 30.3 Å². The highest BCUT2D eigenvalue weighted by molar-refractivity contribution is 6.04. The van der Waals surface area contributed by atoms with Gasteiger partial charge in [-0.05, 0) is 91.7 Å². The zero-order valence-electron chi connectivity index (χ0n) is 16.5. The first-order valence-electron chi connectivity index (χ1n) is 9.41. The van der Waals surface area contributed by atoms with Crippen LogP contribution in [0.3, 0.4) is 0 Å². The summed E-state index contributed by atoms with van der Waals surface area (Å²) in [6, 6.07) is 18.9. The Morgan fingerprint density at radius 2 is 1.47 bits per heavy atom. The molecule has 0 fully saturated rings. The van der Waals surface area contributed by atoms with E-state index in [0.29, 0.717) is 22.6 Å². The second-order valence-electron chi connectivity index (χ2n) is 7.06. The van der Waals surface area contributed by atoms with Gasteiger partial charge in [-0.2, -0.15) is 5.10 Å². The molecule has 1 N–H and O–H groups in total. The minimum Gasteiger partial charge on any atom is -0.321 e. The summed E-state index contributed by atoms with van der Waals surface area (Å²) in [6.45, 7) is 3.97. The number of hydrogen-bond donors (Lipinski definition) is 1. The van der Waals surface area contributed by atoms with Gasteiger partial charge in [-0.3, -0.25) is 4.79 Å². The van der Waals surface area contributed by atoms with Crippen LogP contribution in [-0.2, 0) is 0 Å². The van der Waals surface area contributed by atoms with Crippen LogP contribution in [0.15, 0.2) is 72.8 Å². The number of benzene rings is 3. The van der Waals surface area contributed by atoms with Crippen molar-refractivity contribution in [1.82, 2.24) is 9.78 Å². The van der Waals surface area contributed by atoms with Crippen LogP contribution in [0.1, 0.15) is 21.6 Å². The predicted octanol–water partition coefficient (Wildman–Crippen LogP) is 5.69. The third-order valence-electron chi connectivity index (χ3n) is 4.92. The number of carbonyl (C=O) groups excluding carboxylic acids is 1. The Morgan fingerprint density at radius 3 is 2.10 bits per heavy atom. The molecule has 4 aromatic rings. The van der Waals surface area contributed by atoms with E-state index < -0.39 is 0 Å². The normalized spacial score (nSPS) is 10.8. The molecule has 150 valence electrons. The van der Waals surface area contributed by atoms with Gasteiger partial charge >= 0.3 is 0 Å². The lowest BCUT2D eigenvalue weighted by molar-refractivity contribution is 0.101. The lowest BCUT2D eigenvalue weighted by atomic mass is 10.1. The van der Waals surface area contributed by atoms with Crippen LogP contribution in [0.5, 0.6) is 0 Å². The number of carbonyl (C=O) groups is 1. The van der Waals surface area contributed by atoms with E-state index in [0.717, 1.165) is 11.1 Å². The number of nitrogens with one attached hydrogen (secondary N) is 1. The predicted molar refractivity (Wildman–Crippen MR) is 113 cm³/mol. The van der Waals surface area contributed by atoms with Crippen LogP contribution in [-0.4, -0.2) is 15.7 Å². The lowest BCUT2D eigenvalue weighted by Crippen LogP contribution is -2.17. The molecule has 0 radical (unpaired) electrons. The molecule has 1 heterocycles. The standard InChI is InChI=1S/C24H19F2N3O/c1-15-3-10-20(13-16(15)2)27-24(30)23-14-22(17-4-6-18(25)7-5-17)28-29(23)21-11-8-19(26)9-12-21/h3-14H,1-2H3,(H,27,30). The molecule has 0 saturated carbocycles. The van der Waals surface area contributed by atoms with Gasteiger partial charge in [-0.25, -0.2) is 13.5 Å². The maximum absolute atomic E-state index is 13.4. The van der Waals surface area contributed by atoms with Crippen molar-refractivity contribution in [2.24, 2.45) is 0 Å². The zero-order chi connectivity index (χ0) is 21.3. The van der Waals surface area contributed by atoms with E-state index in [2.05, 4.69) is 10.4 Å². The van der Waals surface area contributed by atoms with Crippen molar-refractivity contribution in [3.05, 3.63) is 101 Å². The van der Waals surface area contributed by atoms with Crippen molar-refractivity contribution in [1.29, 1.82) is 0 Å². The van der Waals surface area contributed by atoms with Gasteiger partial charge < -0.3 is 5.32 Å². The lowest BCUT2D eigenvalue weighted by Gasteiger charge is -2.10. The molecule has 0 aliphatic carbocycles. The molecule has 0 atom stereocenters. The Labute approximate surface area is 172 Å². The first kappa shape index (κ1) is 19.5. The van der Waals surface area contributed by atoms with Crippen LogP contribution >= 0.6 is 0 Å². The first-order chi connectivity index (χ1) is 14.4. The van der Waals surface area contributed by atoms with Gasteiger partial charge in [-0.15, -0.1) is 0 Å². The maximum atomic E-state index is 13.4. The molecule has 0 aliphatic heterocycles. The van der Waals surface area contributed by atoms with Gasteiger partial charge in [0, 0.05) is 11.3 Å². The van der Waals surface area contributed by atoms with Crippen molar-refractivity contribution in [3.8, 4) is 16.9 Å². The molecular formula is C24H19F2N3O. The molecule has 4 nitrogen and oxygen atoms in total. The highest BCUT2D eigenvalue weighted by atomic mass is 19.1. The number of nitrogens with zero attached hydrogens (tertiary/aromatic N) is 2. The molecule has 4 rings (SSSR count). The summed E-state index contributed by atoms with van der Waals surface area (Å²) < 4.78 is 28.1.